The third-order valence-corrected chi connectivity index (χ3v) is 5.37. The molecule has 1 amide bonds. The summed E-state index contributed by atoms with van der Waals surface area (Å²) in [4.78, 5) is 14.9. The highest BCUT2D eigenvalue weighted by Crippen LogP contribution is 2.39. The van der Waals surface area contributed by atoms with Crippen molar-refractivity contribution >= 4 is 23.4 Å². The summed E-state index contributed by atoms with van der Waals surface area (Å²) in [5.74, 6) is 1.35. The molecule has 1 atom stereocenters. The Morgan fingerprint density at radius 2 is 2.25 bits per heavy atom. The molecule has 1 saturated heterocycles. The summed E-state index contributed by atoms with van der Waals surface area (Å²) < 4.78 is -0.245. The molecule has 2 rings (SSSR count). The van der Waals surface area contributed by atoms with Crippen molar-refractivity contribution in [2.24, 2.45) is 0 Å². The van der Waals surface area contributed by atoms with E-state index in [1.54, 1.807) is 11.8 Å². The Kier molecular flexibility index (Phi) is 4.63. The molecular weight excluding hydrogens is 268 g/mol. The first-order valence-corrected chi connectivity index (χ1v) is 8.20. The van der Waals surface area contributed by atoms with Gasteiger partial charge in [-0.2, -0.15) is 0 Å². The summed E-state index contributed by atoms with van der Waals surface area (Å²) in [5.41, 5.74) is 7.67. The van der Waals surface area contributed by atoms with E-state index >= 15 is 0 Å². The Bertz CT molecular complexity index is 481. The van der Waals surface area contributed by atoms with Gasteiger partial charge in [0.2, 0.25) is 5.91 Å². The molecule has 3 nitrogen and oxygen atoms in total. The van der Waals surface area contributed by atoms with Crippen molar-refractivity contribution in [1.29, 1.82) is 0 Å². The Labute approximate surface area is 125 Å². The van der Waals surface area contributed by atoms with Crippen molar-refractivity contribution in [3.05, 3.63) is 29.8 Å². The fraction of sp³-hybridized carbons (Fsp3) is 0.562. The molecule has 0 aliphatic carbocycles. The van der Waals surface area contributed by atoms with Gasteiger partial charge in [0.05, 0.1) is 4.75 Å². The Hall–Kier alpha value is -1.16. The molecule has 0 radical (unpaired) electrons. The topological polar surface area (TPSA) is 46.3 Å². The van der Waals surface area contributed by atoms with Gasteiger partial charge in [0, 0.05) is 18.3 Å². The third kappa shape index (κ3) is 3.29. The van der Waals surface area contributed by atoms with Gasteiger partial charge in [-0.1, -0.05) is 12.1 Å². The molecule has 1 heterocycles. The normalized spacial score (nSPS) is 22.2. The summed E-state index contributed by atoms with van der Waals surface area (Å²) >= 11 is 1.80. The van der Waals surface area contributed by atoms with E-state index in [1.165, 1.54) is 0 Å². The monoisotopic (exact) mass is 292 g/mol. The molecule has 1 aromatic rings. The molecule has 0 bridgehead atoms. The van der Waals surface area contributed by atoms with Gasteiger partial charge in [-0.3, -0.25) is 4.79 Å². The molecule has 20 heavy (non-hydrogen) atoms. The summed E-state index contributed by atoms with van der Waals surface area (Å²) in [6, 6.07) is 8.00. The number of nitrogen functional groups attached to an aromatic ring is 1. The van der Waals surface area contributed by atoms with Crippen LogP contribution in [0.3, 0.4) is 0 Å². The molecule has 1 aromatic carbocycles. The van der Waals surface area contributed by atoms with E-state index in [4.69, 9.17) is 5.73 Å². The maximum atomic E-state index is 12.9. The molecule has 0 spiro atoms. The van der Waals surface area contributed by atoms with Crippen LogP contribution in [-0.2, 0) is 11.3 Å². The average molecular weight is 292 g/mol. The largest absolute Gasteiger partial charge is 0.399 e. The summed E-state index contributed by atoms with van der Waals surface area (Å²) in [7, 11) is 0. The Morgan fingerprint density at radius 1 is 1.50 bits per heavy atom. The number of hydrogen-bond acceptors (Lipinski definition) is 3. The van der Waals surface area contributed by atoms with Crippen LogP contribution in [-0.4, -0.2) is 27.3 Å². The molecule has 1 aliphatic rings. The van der Waals surface area contributed by atoms with Crippen molar-refractivity contribution in [2.45, 2.75) is 50.9 Å². The standard InChI is InChI=1S/C16H24N2OS/c1-12(2)18(11-13-6-4-7-14(17)10-13)15(19)16(3)8-5-9-20-16/h4,6-7,10,12H,5,8-9,11,17H2,1-3H3. The molecule has 1 fully saturated rings. The van der Waals surface area contributed by atoms with Crippen LogP contribution in [0, 0.1) is 0 Å². The van der Waals surface area contributed by atoms with Crippen molar-refractivity contribution in [3.63, 3.8) is 0 Å². The minimum absolute atomic E-state index is 0.196. The fourth-order valence-electron chi connectivity index (χ4n) is 2.63. The van der Waals surface area contributed by atoms with E-state index in [1.807, 2.05) is 29.2 Å². The van der Waals surface area contributed by atoms with Crippen LogP contribution in [0.25, 0.3) is 0 Å². The van der Waals surface area contributed by atoms with E-state index in [0.29, 0.717) is 6.54 Å². The number of carbonyl (C=O) groups excluding carboxylic acids is 1. The number of anilines is 1. The van der Waals surface area contributed by atoms with Crippen molar-refractivity contribution in [3.8, 4) is 0 Å². The van der Waals surface area contributed by atoms with Gasteiger partial charge in [0.15, 0.2) is 0 Å². The van der Waals surface area contributed by atoms with E-state index < -0.39 is 0 Å². The van der Waals surface area contributed by atoms with Crippen molar-refractivity contribution < 1.29 is 4.79 Å². The first-order valence-electron chi connectivity index (χ1n) is 7.22. The van der Waals surface area contributed by atoms with E-state index in [9.17, 15) is 4.79 Å². The number of hydrogen-bond donors (Lipinski definition) is 1. The molecule has 1 aliphatic heterocycles. The summed E-state index contributed by atoms with van der Waals surface area (Å²) in [5, 5.41) is 0. The first kappa shape index (κ1) is 15.2. The van der Waals surface area contributed by atoms with Crippen LogP contribution in [0.4, 0.5) is 5.69 Å². The van der Waals surface area contributed by atoms with E-state index in [0.717, 1.165) is 29.8 Å². The maximum Gasteiger partial charge on any atom is 0.239 e. The minimum atomic E-state index is -0.245. The predicted molar refractivity (Wildman–Crippen MR) is 86.6 cm³/mol. The second-order valence-corrected chi connectivity index (χ2v) is 7.55. The number of carbonyl (C=O) groups is 1. The quantitative estimate of drug-likeness (QED) is 0.866. The number of amides is 1. The molecule has 2 N–H and O–H groups in total. The first-order chi connectivity index (χ1) is 9.42. The number of rotatable bonds is 4. The zero-order chi connectivity index (χ0) is 14.8. The molecule has 0 aromatic heterocycles. The number of benzene rings is 1. The van der Waals surface area contributed by atoms with Crippen LogP contribution in [0.15, 0.2) is 24.3 Å². The Morgan fingerprint density at radius 3 is 2.80 bits per heavy atom. The van der Waals surface area contributed by atoms with Crippen LogP contribution in [0.2, 0.25) is 0 Å². The van der Waals surface area contributed by atoms with Gasteiger partial charge in [0.25, 0.3) is 0 Å². The summed E-state index contributed by atoms with van der Waals surface area (Å²) in [6.07, 6.45) is 2.12. The average Bonchev–Trinajstić information content (AvgIpc) is 2.83. The van der Waals surface area contributed by atoms with Crippen molar-refractivity contribution in [1.82, 2.24) is 4.90 Å². The molecule has 1 unspecified atom stereocenters. The molecular formula is C16H24N2OS. The maximum absolute atomic E-state index is 12.9. The highest BCUT2D eigenvalue weighted by atomic mass is 32.2. The zero-order valence-electron chi connectivity index (χ0n) is 12.6. The summed E-state index contributed by atoms with van der Waals surface area (Å²) in [6.45, 7) is 6.87. The number of thioether (sulfide) groups is 1. The smallest absolute Gasteiger partial charge is 0.239 e. The van der Waals surface area contributed by atoms with E-state index in [2.05, 4.69) is 20.8 Å². The van der Waals surface area contributed by atoms with Crippen LogP contribution in [0.5, 0.6) is 0 Å². The third-order valence-electron chi connectivity index (χ3n) is 3.86. The van der Waals surface area contributed by atoms with E-state index in [-0.39, 0.29) is 16.7 Å². The lowest BCUT2D eigenvalue weighted by atomic mass is 10.0. The minimum Gasteiger partial charge on any atom is -0.399 e. The SMILES string of the molecule is CC(C)N(Cc1cccc(N)c1)C(=O)C1(C)CCCS1. The van der Waals surface area contributed by atoms with Crippen LogP contribution in [0.1, 0.15) is 39.2 Å². The highest BCUT2D eigenvalue weighted by molar-refractivity contribution is 8.01. The predicted octanol–water partition coefficient (Wildman–Crippen LogP) is 3.29. The lowest BCUT2D eigenvalue weighted by Gasteiger charge is -2.34. The number of nitrogens with zero attached hydrogens (tertiary/aromatic N) is 1. The second kappa shape index (κ2) is 6.08. The van der Waals surface area contributed by atoms with Crippen molar-refractivity contribution in [2.75, 3.05) is 11.5 Å². The van der Waals surface area contributed by atoms with Crippen LogP contribution < -0.4 is 5.73 Å². The van der Waals surface area contributed by atoms with Gasteiger partial charge in [0.1, 0.15) is 0 Å². The Balaban J connectivity index is 2.17. The lowest BCUT2D eigenvalue weighted by molar-refractivity contribution is -0.135. The van der Waals surface area contributed by atoms with Gasteiger partial charge >= 0.3 is 0 Å². The number of nitrogens with two attached hydrogens (primary N) is 1. The van der Waals surface area contributed by atoms with Gasteiger partial charge in [-0.05, 0) is 57.1 Å². The molecule has 110 valence electrons. The van der Waals surface area contributed by atoms with Gasteiger partial charge < -0.3 is 10.6 Å². The lowest BCUT2D eigenvalue weighted by Crippen LogP contribution is -2.46. The zero-order valence-corrected chi connectivity index (χ0v) is 13.4. The van der Waals surface area contributed by atoms with Gasteiger partial charge in [-0.15, -0.1) is 11.8 Å². The van der Waals surface area contributed by atoms with Gasteiger partial charge in [-0.25, -0.2) is 0 Å². The molecule has 4 heteroatoms. The highest BCUT2D eigenvalue weighted by Gasteiger charge is 2.40. The second-order valence-electron chi connectivity index (χ2n) is 5.95. The fourth-order valence-corrected chi connectivity index (χ4v) is 3.90. The molecule has 0 saturated carbocycles. The van der Waals surface area contributed by atoms with Crippen LogP contribution >= 0.6 is 11.8 Å².